The lowest BCUT2D eigenvalue weighted by Crippen LogP contribution is -2.25. The fourth-order valence-electron chi connectivity index (χ4n) is 2.54. The average molecular weight is 376 g/mol. The maximum absolute atomic E-state index is 12.4. The first-order chi connectivity index (χ1) is 10.8. The number of aromatic nitrogens is 1. The predicted octanol–water partition coefficient (Wildman–Crippen LogP) is 1.27. The van der Waals surface area contributed by atoms with Crippen LogP contribution in [0.1, 0.15) is 38.0 Å². The molecule has 0 saturated heterocycles. The molecule has 0 bridgehead atoms. The molecule has 7 nitrogen and oxygen atoms in total. The van der Waals surface area contributed by atoms with Crippen LogP contribution in [0.2, 0.25) is 0 Å². The smallest absolute Gasteiger partial charge is 0.262 e. The number of imide groups is 1. The lowest BCUT2D eigenvalue weighted by atomic mass is 10.1. The fourth-order valence-corrected chi connectivity index (χ4v) is 3.08. The molecule has 2 heterocycles. The Morgan fingerprint density at radius 3 is 2.57 bits per heavy atom. The molecule has 0 aliphatic carbocycles. The number of nitrogens with one attached hydrogen (secondary N) is 1. The number of halogens is 1. The summed E-state index contributed by atoms with van der Waals surface area (Å²) in [6.07, 6.45) is 0. The zero-order chi connectivity index (χ0) is 16.9. The summed E-state index contributed by atoms with van der Waals surface area (Å²) in [6.45, 7) is 1.36. The quantitative estimate of drug-likeness (QED) is 0.606. The molecule has 23 heavy (non-hydrogen) atoms. The van der Waals surface area contributed by atoms with Gasteiger partial charge >= 0.3 is 0 Å². The first-order valence-corrected chi connectivity index (χ1v) is 7.33. The summed E-state index contributed by atoms with van der Waals surface area (Å²) in [7, 11) is 0. The number of hydrogen-bond acceptors (Lipinski definition) is 5. The van der Waals surface area contributed by atoms with Crippen molar-refractivity contribution in [1.29, 1.82) is 0 Å². The second kappa shape index (κ2) is 5.17. The molecule has 1 aromatic heterocycles. The number of Topliss-reactive ketones (excluding diaryl/α,β-unsaturated/α-hetero) is 1. The van der Waals surface area contributed by atoms with E-state index < -0.39 is 17.4 Å². The highest BCUT2D eigenvalue weighted by Gasteiger charge is 2.32. The minimum atomic E-state index is -0.673. The highest BCUT2D eigenvalue weighted by molar-refractivity contribution is 9.10. The van der Waals surface area contributed by atoms with E-state index in [4.69, 9.17) is 5.73 Å². The minimum Gasteiger partial charge on any atom is -0.384 e. The van der Waals surface area contributed by atoms with Gasteiger partial charge in [-0.1, -0.05) is 6.07 Å². The van der Waals surface area contributed by atoms with E-state index in [0.29, 0.717) is 4.47 Å². The molecule has 0 radical (unpaired) electrons. The third kappa shape index (κ3) is 2.18. The number of anilines is 1. The number of fused-ring (bicyclic) bond motifs is 1. The summed E-state index contributed by atoms with van der Waals surface area (Å²) in [4.78, 5) is 47.9. The van der Waals surface area contributed by atoms with E-state index in [1.165, 1.54) is 6.92 Å². The van der Waals surface area contributed by atoms with Crippen LogP contribution in [-0.2, 0) is 0 Å². The van der Waals surface area contributed by atoms with Crippen LogP contribution < -0.4 is 16.6 Å². The van der Waals surface area contributed by atoms with Crippen molar-refractivity contribution in [3.05, 3.63) is 55.8 Å². The van der Waals surface area contributed by atoms with Gasteiger partial charge in [0.1, 0.15) is 5.82 Å². The number of rotatable bonds is 2. The van der Waals surface area contributed by atoms with E-state index in [0.717, 1.165) is 10.6 Å². The minimum absolute atomic E-state index is 0.0646. The van der Waals surface area contributed by atoms with Crippen molar-refractivity contribution in [3.8, 4) is 5.69 Å². The van der Waals surface area contributed by atoms with Gasteiger partial charge in [-0.05, 0) is 35.0 Å². The highest BCUT2D eigenvalue weighted by Crippen LogP contribution is 2.29. The fraction of sp³-hybridized carbons (Fsp3) is 0.0667. The van der Waals surface area contributed by atoms with Crippen LogP contribution in [0.3, 0.4) is 0 Å². The van der Waals surface area contributed by atoms with Gasteiger partial charge in [0.2, 0.25) is 0 Å². The molecule has 0 atom stereocenters. The van der Waals surface area contributed by atoms with Crippen LogP contribution >= 0.6 is 15.9 Å². The van der Waals surface area contributed by atoms with Crippen LogP contribution in [-0.4, -0.2) is 22.2 Å². The van der Waals surface area contributed by atoms with Gasteiger partial charge in [0.05, 0.1) is 16.8 Å². The number of carbonyl (C=O) groups excluding carboxylic acids is 3. The van der Waals surface area contributed by atoms with Gasteiger partial charge in [0.25, 0.3) is 17.4 Å². The maximum atomic E-state index is 12.4. The van der Waals surface area contributed by atoms with E-state index in [9.17, 15) is 19.2 Å². The van der Waals surface area contributed by atoms with Gasteiger partial charge in [-0.15, -0.1) is 0 Å². The van der Waals surface area contributed by atoms with E-state index in [-0.39, 0.29) is 34.0 Å². The molecule has 0 spiro atoms. The molecule has 3 rings (SSSR count). The van der Waals surface area contributed by atoms with Gasteiger partial charge in [-0.3, -0.25) is 29.1 Å². The standard InChI is InChI=1S/C15H10BrN3O4/c1-6(20)7-3-2-4-9(16)12(7)19-10(21)5-8-11(13(19)17)15(23)18-14(8)22/h2-5H,17H2,1H3,(H,18,22,23). The van der Waals surface area contributed by atoms with E-state index in [2.05, 4.69) is 21.2 Å². The Balaban J connectivity index is 2.43. The molecule has 2 aromatic rings. The zero-order valence-electron chi connectivity index (χ0n) is 11.8. The first-order valence-electron chi connectivity index (χ1n) is 6.54. The highest BCUT2D eigenvalue weighted by atomic mass is 79.9. The summed E-state index contributed by atoms with van der Waals surface area (Å²) in [6, 6.07) is 5.88. The molecule has 0 saturated carbocycles. The summed E-state index contributed by atoms with van der Waals surface area (Å²) in [5, 5.41) is 2.09. The largest absolute Gasteiger partial charge is 0.384 e. The Morgan fingerprint density at radius 2 is 1.91 bits per heavy atom. The second-order valence-electron chi connectivity index (χ2n) is 4.97. The van der Waals surface area contributed by atoms with Crippen LogP contribution in [0.4, 0.5) is 5.82 Å². The van der Waals surface area contributed by atoms with Crippen molar-refractivity contribution in [2.75, 3.05) is 5.73 Å². The molecule has 2 amide bonds. The van der Waals surface area contributed by atoms with E-state index in [1.807, 2.05) is 0 Å². The van der Waals surface area contributed by atoms with Gasteiger partial charge in [0, 0.05) is 16.1 Å². The normalized spacial score (nSPS) is 13.0. The maximum Gasteiger partial charge on any atom is 0.262 e. The van der Waals surface area contributed by atoms with Crippen LogP contribution in [0.15, 0.2) is 33.5 Å². The predicted molar refractivity (Wildman–Crippen MR) is 86.0 cm³/mol. The number of nitrogens with two attached hydrogens (primary N) is 1. The van der Waals surface area contributed by atoms with Gasteiger partial charge in [-0.25, -0.2) is 0 Å². The van der Waals surface area contributed by atoms with Crippen molar-refractivity contribution >= 4 is 39.3 Å². The van der Waals surface area contributed by atoms with Crippen molar-refractivity contribution in [3.63, 3.8) is 0 Å². The molecular formula is C15H10BrN3O4. The second-order valence-corrected chi connectivity index (χ2v) is 5.82. The molecule has 8 heteroatoms. The summed E-state index contributed by atoms with van der Waals surface area (Å²) >= 11 is 3.29. The Bertz CT molecular complexity index is 962. The summed E-state index contributed by atoms with van der Waals surface area (Å²) < 4.78 is 1.52. The van der Waals surface area contributed by atoms with Gasteiger partial charge < -0.3 is 5.73 Å². The van der Waals surface area contributed by atoms with Crippen LogP contribution in [0.25, 0.3) is 5.69 Å². The third-order valence-corrected chi connectivity index (χ3v) is 4.18. The van der Waals surface area contributed by atoms with Crippen molar-refractivity contribution in [2.45, 2.75) is 6.92 Å². The number of carbonyl (C=O) groups is 3. The summed E-state index contributed by atoms with van der Waals surface area (Å²) in [5.74, 6) is -1.80. The monoisotopic (exact) mass is 375 g/mol. The average Bonchev–Trinajstić information content (AvgIpc) is 2.74. The molecule has 0 fully saturated rings. The molecule has 116 valence electrons. The molecule has 1 aromatic carbocycles. The molecule has 0 unspecified atom stereocenters. The Kier molecular flexibility index (Phi) is 3.41. The first kappa shape index (κ1) is 15.2. The number of nitrogens with zero attached hydrogens (tertiary/aromatic N) is 1. The lowest BCUT2D eigenvalue weighted by Gasteiger charge is -2.16. The number of hydrogen-bond donors (Lipinski definition) is 2. The van der Waals surface area contributed by atoms with Crippen molar-refractivity contribution < 1.29 is 14.4 Å². The Labute approximate surface area is 138 Å². The van der Waals surface area contributed by atoms with Gasteiger partial charge in [0.15, 0.2) is 5.78 Å². The number of para-hydroxylation sites is 1. The van der Waals surface area contributed by atoms with Crippen molar-refractivity contribution in [1.82, 2.24) is 9.88 Å². The number of pyridine rings is 1. The van der Waals surface area contributed by atoms with E-state index in [1.54, 1.807) is 18.2 Å². The summed E-state index contributed by atoms with van der Waals surface area (Å²) in [5.41, 5.74) is 5.73. The Hall–Kier alpha value is -2.74. The SMILES string of the molecule is CC(=O)c1cccc(Br)c1-n1c(N)c2c(cc1=O)C(=O)NC2=O. The zero-order valence-corrected chi connectivity index (χ0v) is 13.4. The molecule has 3 N–H and O–H groups in total. The number of amides is 2. The van der Waals surface area contributed by atoms with Crippen LogP contribution in [0, 0.1) is 0 Å². The lowest BCUT2D eigenvalue weighted by molar-refractivity contribution is 0.0879. The Morgan fingerprint density at radius 1 is 1.22 bits per heavy atom. The molecule has 1 aliphatic rings. The topological polar surface area (TPSA) is 111 Å². The molecular weight excluding hydrogens is 366 g/mol. The number of benzene rings is 1. The van der Waals surface area contributed by atoms with Gasteiger partial charge in [-0.2, -0.15) is 0 Å². The third-order valence-electron chi connectivity index (χ3n) is 3.54. The van der Waals surface area contributed by atoms with E-state index >= 15 is 0 Å². The molecule has 1 aliphatic heterocycles. The number of nitrogen functional groups attached to an aromatic ring is 1. The number of ketones is 1. The van der Waals surface area contributed by atoms with Crippen molar-refractivity contribution in [2.24, 2.45) is 0 Å². The van der Waals surface area contributed by atoms with Crippen LogP contribution in [0.5, 0.6) is 0 Å².